The molecular formula is C27H24BrNO. The molecule has 1 heterocycles. The molecule has 5 rings (SSSR count). The van der Waals surface area contributed by atoms with Crippen LogP contribution in [0.3, 0.4) is 0 Å². The first-order valence-corrected chi connectivity index (χ1v) is 11.3. The van der Waals surface area contributed by atoms with E-state index in [9.17, 15) is 4.79 Å². The third-order valence-corrected chi connectivity index (χ3v) is 6.97. The van der Waals surface area contributed by atoms with Crippen LogP contribution in [-0.4, -0.2) is 10.8 Å². The lowest BCUT2D eigenvalue weighted by molar-refractivity contribution is -0.133. The lowest BCUT2D eigenvalue weighted by Gasteiger charge is -2.31. The summed E-state index contributed by atoms with van der Waals surface area (Å²) in [5, 5.41) is 0. The number of fused-ring (bicyclic) bond motifs is 1. The third-order valence-electron chi connectivity index (χ3n) is 6.48. The second kappa shape index (κ2) is 8.23. The van der Waals surface area contributed by atoms with E-state index >= 15 is 0 Å². The van der Waals surface area contributed by atoms with E-state index in [1.165, 1.54) is 16.7 Å². The molecule has 1 fully saturated rings. The Morgan fingerprint density at radius 2 is 1.57 bits per heavy atom. The minimum absolute atomic E-state index is 0.0231. The molecule has 0 saturated carbocycles. The summed E-state index contributed by atoms with van der Waals surface area (Å²) in [6.45, 7) is 0.638. The van der Waals surface area contributed by atoms with Crippen LogP contribution >= 0.6 is 15.9 Å². The molecule has 0 unspecified atom stereocenters. The summed E-state index contributed by atoms with van der Waals surface area (Å²) < 4.78 is 1.05. The predicted molar refractivity (Wildman–Crippen MR) is 124 cm³/mol. The molecule has 0 bridgehead atoms. The Balaban J connectivity index is 1.58. The number of hydrogen-bond donors (Lipinski definition) is 0. The van der Waals surface area contributed by atoms with Crippen molar-refractivity contribution in [2.75, 3.05) is 0 Å². The largest absolute Gasteiger partial charge is 0.330 e. The zero-order valence-corrected chi connectivity index (χ0v) is 18.3. The highest BCUT2D eigenvalue weighted by Crippen LogP contribution is 2.52. The molecule has 3 heteroatoms. The number of hydrogen-bond acceptors (Lipinski definition) is 1. The molecule has 0 aromatic heterocycles. The molecule has 1 saturated heterocycles. The van der Waals surface area contributed by atoms with Gasteiger partial charge in [-0.15, -0.1) is 0 Å². The standard InChI is InChI=1S/C27H24BrNO/c28-22-14-7-13-21(17-22)26-24-16-8-15-23(20-11-5-2-6-12-20)25(24)27(30)29(26)18-19-9-3-1-4-10-19/h1-14,16-17,23-26H,15,18H2/t23-,24-,25-,26+/m1/s1. The highest BCUT2D eigenvalue weighted by Gasteiger charge is 2.51. The Morgan fingerprint density at radius 1 is 0.867 bits per heavy atom. The summed E-state index contributed by atoms with van der Waals surface area (Å²) in [5.74, 6) is 0.649. The maximum atomic E-state index is 13.9. The van der Waals surface area contributed by atoms with E-state index in [4.69, 9.17) is 0 Å². The molecule has 1 aliphatic carbocycles. The second-order valence-electron chi connectivity index (χ2n) is 8.24. The van der Waals surface area contributed by atoms with E-state index in [-0.39, 0.29) is 29.7 Å². The summed E-state index contributed by atoms with van der Waals surface area (Å²) >= 11 is 3.63. The number of likely N-dealkylation sites (tertiary alicyclic amines) is 1. The van der Waals surface area contributed by atoms with Crippen LogP contribution in [0.5, 0.6) is 0 Å². The maximum absolute atomic E-state index is 13.9. The average Bonchev–Trinajstić information content (AvgIpc) is 3.07. The van der Waals surface area contributed by atoms with Crippen molar-refractivity contribution in [3.63, 3.8) is 0 Å². The molecule has 2 nitrogen and oxygen atoms in total. The van der Waals surface area contributed by atoms with Crippen LogP contribution in [0.15, 0.2) is 102 Å². The lowest BCUT2D eigenvalue weighted by Crippen LogP contribution is -2.30. The SMILES string of the molecule is O=C1[C@H]2[C@@H](C=CC[C@@H]2c2ccccc2)[C@H](c2cccc(Br)c2)N1Cc1ccccc1. The van der Waals surface area contributed by atoms with E-state index in [1.807, 2.05) is 30.3 Å². The van der Waals surface area contributed by atoms with Crippen LogP contribution in [0.25, 0.3) is 0 Å². The van der Waals surface area contributed by atoms with Crippen molar-refractivity contribution in [1.82, 2.24) is 4.90 Å². The monoisotopic (exact) mass is 457 g/mol. The minimum atomic E-state index is -0.0231. The highest BCUT2D eigenvalue weighted by atomic mass is 79.9. The van der Waals surface area contributed by atoms with Gasteiger partial charge in [-0.05, 0) is 41.2 Å². The van der Waals surface area contributed by atoms with Crippen molar-refractivity contribution in [3.8, 4) is 0 Å². The summed E-state index contributed by atoms with van der Waals surface area (Å²) in [6, 6.07) is 29.3. The van der Waals surface area contributed by atoms with E-state index in [1.54, 1.807) is 0 Å². The molecular weight excluding hydrogens is 434 g/mol. The molecule has 3 aromatic carbocycles. The molecule has 0 spiro atoms. The summed E-state index contributed by atoms with van der Waals surface area (Å²) in [6.07, 6.45) is 5.49. The Morgan fingerprint density at radius 3 is 2.30 bits per heavy atom. The van der Waals surface area contributed by atoms with Gasteiger partial charge >= 0.3 is 0 Å². The smallest absolute Gasteiger partial charge is 0.227 e. The van der Waals surface area contributed by atoms with Gasteiger partial charge in [0.1, 0.15) is 0 Å². The Kier molecular flexibility index (Phi) is 5.30. The summed E-state index contributed by atoms with van der Waals surface area (Å²) in [5.41, 5.74) is 3.63. The van der Waals surface area contributed by atoms with Gasteiger partial charge < -0.3 is 4.90 Å². The fourth-order valence-corrected chi connectivity index (χ4v) is 5.60. The molecule has 4 atom stereocenters. The van der Waals surface area contributed by atoms with Crippen molar-refractivity contribution in [2.45, 2.75) is 24.9 Å². The van der Waals surface area contributed by atoms with E-state index in [0.717, 1.165) is 10.9 Å². The normalized spacial score (nSPS) is 25.4. The van der Waals surface area contributed by atoms with Crippen LogP contribution < -0.4 is 0 Å². The maximum Gasteiger partial charge on any atom is 0.227 e. The van der Waals surface area contributed by atoms with Gasteiger partial charge in [-0.1, -0.05) is 101 Å². The third kappa shape index (κ3) is 3.52. The number of nitrogens with zero attached hydrogens (tertiary/aromatic N) is 1. The van der Waals surface area contributed by atoms with Gasteiger partial charge in [-0.2, -0.15) is 0 Å². The number of carbonyl (C=O) groups is 1. The summed E-state index contributed by atoms with van der Waals surface area (Å²) in [4.78, 5) is 16.0. The second-order valence-corrected chi connectivity index (χ2v) is 9.15. The first-order chi connectivity index (χ1) is 14.7. The molecule has 1 aliphatic heterocycles. The number of carbonyl (C=O) groups excluding carboxylic acids is 1. The van der Waals surface area contributed by atoms with Crippen LogP contribution in [-0.2, 0) is 11.3 Å². The minimum Gasteiger partial charge on any atom is -0.330 e. The molecule has 1 amide bonds. The van der Waals surface area contributed by atoms with Crippen LogP contribution in [0.2, 0.25) is 0 Å². The van der Waals surface area contributed by atoms with Gasteiger partial charge in [-0.3, -0.25) is 4.79 Å². The van der Waals surface area contributed by atoms with E-state index in [0.29, 0.717) is 6.54 Å². The van der Waals surface area contributed by atoms with Gasteiger partial charge in [0, 0.05) is 16.9 Å². The van der Waals surface area contributed by atoms with Crippen molar-refractivity contribution >= 4 is 21.8 Å². The van der Waals surface area contributed by atoms with Crippen molar-refractivity contribution in [3.05, 3.63) is 118 Å². The zero-order chi connectivity index (χ0) is 20.5. The Bertz CT molecular complexity index is 1060. The average molecular weight is 458 g/mol. The van der Waals surface area contributed by atoms with E-state index < -0.39 is 0 Å². The molecule has 30 heavy (non-hydrogen) atoms. The number of halogens is 1. The summed E-state index contributed by atoms with van der Waals surface area (Å²) in [7, 11) is 0. The number of amides is 1. The molecule has 0 N–H and O–H groups in total. The van der Waals surface area contributed by atoms with Crippen molar-refractivity contribution in [1.29, 1.82) is 0 Å². The van der Waals surface area contributed by atoms with Gasteiger partial charge in [-0.25, -0.2) is 0 Å². The first kappa shape index (κ1) is 19.3. The van der Waals surface area contributed by atoms with Crippen LogP contribution in [0.4, 0.5) is 0 Å². The van der Waals surface area contributed by atoms with Gasteiger partial charge in [0.15, 0.2) is 0 Å². The number of benzene rings is 3. The fraction of sp³-hybridized carbons (Fsp3) is 0.222. The van der Waals surface area contributed by atoms with Gasteiger partial charge in [0.2, 0.25) is 5.91 Å². The quantitative estimate of drug-likeness (QED) is 0.408. The predicted octanol–water partition coefficient (Wildman–Crippen LogP) is 6.51. The fourth-order valence-electron chi connectivity index (χ4n) is 5.18. The molecule has 3 aromatic rings. The zero-order valence-electron chi connectivity index (χ0n) is 16.7. The van der Waals surface area contributed by atoms with Crippen LogP contribution in [0, 0.1) is 11.8 Å². The van der Waals surface area contributed by atoms with Gasteiger partial charge in [0.25, 0.3) is 0 Å². The number of allylic oxidation sites excluding steroid dienone is 1. The lowest BCUT2D eigenvalue weighted by atomic mass is 9.71. The Hall–Kier alpha value is -2.65. The molecule has 150 valence electrons. The topological polar surface area (TPSA) is 20.3 Å². The highest BCUT2D eigenvalue weighted by molar-refractivity contribution is 9.10. The van der Waals surface area contributed by atoms with Crippen molar-refractivity contribution < 1.29 is 4.79 Å². The van der Waals surface area contributed by atoms with Gasteiger partial charge in [0.05, 0.1) is 12.0 Å². The molecule has 0 radical (unpaired) electrons. The van der Waals surface area contributed by atoms with E-state index in [2.05, 4.69) is 87.6 Å². The van der Waals surface area contributed by atoms with Crippen molar-refractivity contribution in [2.24, 2.45) is 11.8 Å². The molecule has 2 aliphatic rings. The Labute approximate surface area is 186 Å². The van der Waals surface area contributed by atoms with Crippen LogP contribution in [0.1, 0.15) is 35.1 Å². The number of rotatable bonds is 4. The first-order valence-electron chi connectivity index (χ1n) is 10.5.